The van der Waals surface area contributed by atoms with Gasteiger partial charge in [0.2, 0.25) is 0 Å². The lowest BCUT2D eigenvalue weighted by Crippen LogP contribution is -2.25. The zero-order valence-corrected chi connectivity index (χ0v) is 26.9. The van der Waals surface area contributed by atoms with Crippen molar-refractivity contribution < 1.29 is 4.74 Å². The Hall–Kier alpha value is -1.08. The van der Waals surface area contributed by atoms with Crippen LogP contribution in [0.3, 0.4) is 0 Å². The highest BCUT2D eigenvalue weighted by molar-refractivity contribution is 4.90. The molecule has 4 rings (SSSR count). The fourth-order valence-corrected chi connectivity index (χ4v) is 9.31. The molecule has 4 aliphatic rings. The summed E-state index contributed by atoms with van der Waals surface area (Å²) in [6, 6.07) is 0. The van der Waals surface area contributed by atoms with Crippen molar-refractivity contribution in [2.24, 2.45) is 47.3 Å². The summed E-state index contributed by atoms with van der Waals surface area (Å²) in [5.41, 5.74) is 0. The maximum atomic E-state index is 5.89. The number of hydrogen-bond acceptors (Lipinski definition) is 1. The second kappa shape index (κ2) is 19.2. The van der Waals surface area contributed by atoms with E-state index >= 15 is 0 Å². The lowest BCUT2D eigenvalue weighted by Gasteiger charge is -2.37. The standard InChI is InChI=1S/C40H66O/c1-3-5-11-33-15-23-37(24-16-33)39-27-19-35(20-28-39)13-7-9-31-41-32-10-8-14-36-21-29-40(30-22-36)38-25-17-34(18-26-38)12-6-4-2/h3-4,7-10,33-40H,1-2,5-6,11-32H2. The highest BCUT2D eigenvalue weighted by Crippen LogP contribution is 2.44. The minimum atomic E-state index is 0.774. The molecule has 4 aliphatic carbocycles. The lowest BCUT2D eigenvalue weighted by molar-refractivity contribution is 0.144. The molecule has 0 bridgehead atoms. The summed E-state index contributed by atoms with van der Waals surface area (Å²) in [6.07, 6.45) is 45.0. The topological polar surface area (TPSA) is 9.23 Å². The van der Waals surface area contributed by atoms with Crippen LogP contribution in [0.25, 0.3) is 0 Å². The highest BCUT2D eigenvalue weighted by Gasteiger charge is 2.31. The van der Waals surface area contributed by atoms with E-state index in [9.17, 15) is 0 Å². The molecular weight excluding hydrogens is 496 g/mol. The van der Waals surface area contributed by atoms with Gasteiger partial charge in [0.05, 0.1) is 13.2 Å². The van der Waals surface area contributed by atoms with Gasteiger partial charge in [0.15, 0.2) is 0 Å². The molecule has 0 amide bonds. The molecule has 0 aromatic carbocycles. The van der Waals surface area contributed by atoms with E-state index in [2.05, 4.69) is 49.6 Å². The molecule has 0 saturated heterocycles. The molecule has 0 spiro atoms. The van der Waals surface area contributed by atoms with E-state index in [1.54, 1.807) is 0 Å². The maximum absolute atomic E-state index is 5.89. The largest absolute Gasteiger partial charge is 0.373 e. The molecule has 41 heavy (non-hydrogen) atoms. The summed E-state index contributed by atoms with van der Waals surface area (Å²) in [7, 11) is 0. The molecule has 0 N–H and O–H groups in total. The van der Waals surface area contributed by atoms with Gasteiger partial charge in [0, 0.05) is 0 Å². The number of allylic oxidation sites excluding steroid dienone is 4. The van der Waals surface area contributed by atoms with Crippen molar-refractivity contribution in [1.29, 1.82) is 0 Å². The Morgan fingerprint density at radius 3 is 1.05 bits per heavy atom. The van der Waals surface area contributed by atoms with Gasteiger partial charge in [0.1, 0.15) is 0 Å². The average molecular weight is 563 g/mol. The maximum Gasteiger partial charge on any atom is 0.0651 e. The van der Waals surface area contributed by atoms with Crippen LogP contribution in [-0.2, 0) is 4.74 Å². The van der Waals surface area contributed by atoms with E-state index < -0.39 is 0 Å². The zero-order chi connectivity index (χ0) is 28.5. The lowest BCUT2D eigenvalue weighted by atomic mass is 9.68. The van der Waals surface area contributed by atoms with Crippen LogP contribution in [0, 0.1) is 47.3 Å². The zero-order valence-electron chi connectivity index (χ0n) is 26.9. The molecular formula is C40H66O. The third-order valence-electron chi connectivity index (χ3n) is 12.2. The van der Waals surface area contributed by atoms with Crippen molar-refractivity contribution in [3.8, 4) is 0 Å². The first kappa shape index (κ1) is 32.8. The van der Waals surface area contributed by atoms with Crippen molar-refractivity contribution in [3.05, 3.63) is 49.6 Å². The van der Waals surface area contributed by atoms with Crippen molar-refractivity contribution in [1.82, 2.24) is 0 Å². The fraction of sp³-hybridized carbons (Fsp3) is 0.800. The third-order valence-corrected chi connectivity index (χ3v) is 12.2. The van der Waals surface area contributed by atoms with Gasteiger partial charge in [-0.25, -0.2) is 0 Å². The van der Waals surface area contributed by atoms with Crippen LogP contribution in [0.4, 0.5) is 0 Å². The quantitative estimate of drug-likeness (QED) is 0.134. The van der Waals surface area contributed by atoms with E-state index in [0.717, 1.165) is 60.6 Å². The number of rotatable bonds is 16. The first-order valence-corrected chi connectivity index (χ1v) is 18.3. The van der Waals surface area contributed by atoms with Gasteiger partial charge in [-0.05, 0) is 163 Å². The smallest absolute Gasteiger partial charge is 0.0651 e. The number of ether oxygens (including phenoxy) is 1. The molecule has 0 heterocycles. The Bertz CT molecular complexity index is 682. The SMILES string of the molecule is C=CCCC1CCC(C2CCC(CC=CCOCC=CCC3CCC(C4CCC(CCC=C)CC4)CC3)CC2)CC1. The van der Waals surface area contributed by atoms with E-state index in [1.807, 2.05) is 0 Å². The summed E-state index contributed by atoms with van der Waals surface area (Å²) in [6.45, 7) is 9.36. The van der Waals surface area contributed by atoms with Gasteiger partial charge in [-0.2, -0.15) is 0 Å². The molecule has 4 saturated carbocycles. The van der Waals surface area contributed by atoms with Crippen LogP contribution < -0.4 is 0 Å². The molecule has 0 aromatic heterocycles. The molecule has 0 aromatic rings. The Balaban J connectivity index is 0.963. The fourth-order valence-electron chi connectivity index (χ4n) is 9.31. The predicted octanol–water partition coefficient (Wildman–Crippen LogP) is 12.1. The molecule has 0 unspecified atom stereocenters. The molecule has 1 nitrogen and oxygen atoms in total. The van der Waals surface area contributed by atoms with Gasteiger partial charge in [-0.15, -0.1) is 13.2 Å². The van der Waals surface area contributed by atoms with E-state index in [4.69, 9.17) is 4.74 Å². The Morgan fingerprint density at radius 1 is 0.415 bits per heavy atom. The molecule has 0 radical (unpaired) electrons. The van der Waals surface area contributed by atoms with Gasteiger partial charge < -0.3 is 4.74 Å². The van der Waals surface area contributed by atoms with Crippen LogP contribution >= 0.6 is 0 Å². The van der Waals surface area contributed by atoms with Crippen molar-refractivity contribution in [3.63, 3.8) is 0 Å². The van der Waals surface area contributed by atoms with Crippen LogP contribution in [0.5, 0.6) is 0 Å². The molecule has 0 atom stereocenters. The monoisotopic (exact) mass is 563 g/mol. The first-order chi connectivity index (χ1) is 20.2. The van der Waals surface area contributed by atoms with E-state index in [1.165, 1.54) is 141 Å². The average Bonchev–Trinajstić information content (AvgIpc) is 3.03. The minimum absolute atomic E-state index is 0.774. The normalized spacial score (nSPS) is 35.1. The predicted molar refractivity (Wildman–Crippen MR) is 179 cm³/mol. The Labute approximate surface area is 255 Å². The summed E-state index contributed by atoms with van der Waals surface area (Å²) >= 11 is 0. The molecule has 1 heteroatoms. The summed E-state index contributed by atoms with van der Waals surface area (Å²) in [5, 5.41) is 0. The molecule has 0 aliphatic heterocycles. The second-order valence-electron chi connectivity index (χ2n) is 14.8. The van der Waals surface area contributed by atoms with Crippen LogP contribution in [0.1, 0.15) is 141 Å². The van der Waals surface area contributed by atoms with Gasteiger partial charge in [-0.3, -0.25) is 0 Å². The summed E-state index contributed by atoms with van der Waals surface area (Å²) in [4.78, 5) is 0. The Morgan fingerprint density at radius 2 is 0.732 bits per heavy atom. The van der Waals surface area contributed by atoms with Crippen LogP contribution in [0.15, 0.2) is 49.6 Å². The van der Waals surface area contributed by atoms with Gasteiger partial charge >= 0.3 is 0 Å². The Kier molecular flexibility index (Phi) is 15.4. The third kappa shape index (κ3) is 11.8. The summed E-state index contributed by atoms with van der Waals surface area (Å²) < 4.78 is 5.89. The van der Waals surface area contributed by atoms with E-state index in [0.29, 0.717) is 0 Å². The van der Waals surface area contributed by atoms with E-state index in [-0.39, 0.29) is 0 Å². The minimum Gasteiger partial charge on any atom is -0.373 e. The van der Waals surface area contributed by atoms with Crippen molar-refractivity contribution >= 4 is 0 Å². The summed E-state index contributed by atoms with van der Waals surface area (Å²) in [5.74, 6) is 7.92. The molecule has 232 valence electrons. The van der Waals surface area contributed by atoms with Gasteiger partial charge in [0.25, 0.3) is 0 Å². The van der Waals surface area contributed by atoms with Gasteiger partial charge in [-0.1, -0.05) is 62.1 Å². The highest BCUT2D eigenvalue weighted by atomic mass is 16.5. The van der Waals surface area contributed by atoms with Crippen molar-refractivity contribution in [2.75, 3.05) is 13.2 Å². The van der Waals surface area contributed by atoms with Crippen LogP contribution in [-0.4, -0.2) is 13.2 Å². The first-order valence-electron chi connectivity index (χ1n) is 18.3. The van der Waals surface area contributed by atoms with Crippen molar-refractivity contribution in [2.45, 2.75) is 141 Å². The number of hydrogen-bond donors (Lipinski definition) is 0. The molecule has 4 fully saturated rings. The van der Waals surface area contributed by atoms with Crippen LogP contribution in [0.2, 0.25) is 0 Å². The second-order valence-corrected chi connectivity index (χ2v) is 14.8.